The molecule has 0 saturated carbocycles. The zero-order valence-electron chi connectivity index (χ0n) is 12.6. The summed E-state index contributed by atoms with van der Waals surface area (Å²) < 4.78 is 11.2. The lowest BCUT2D eigenvalue weighted by Gasteiger charge is -2.18. The Labute approximate surface area is 121 Å². The van der Waals surface area contributed by atoms with Crippen molar-refractivity contribution < 1.29 is 19.4 Å². The maximum Gasteiger partial charge on any atom is 0.332 e. The van der Waals surface area contributed by atoms with E-state index in [9.17, 15) is 4.79 Å². The number of carbonyl (C=O) groups is 1. The number of carboxylic acids is 1. The SMILES string of the molecule is CCCC(C)OC(C)COCCCC(=CC#N)C(=O)O. The summed E-state index contributed by atoms with van der Waals surface area (Å²) in [5.41, 5.74) is 0.122. The molecule has 2 atom stereocenters. The van der Waals surface area contributed by atoms with Crippen molar-refractivity contribution in [1.82, 2.24) is 0 Å². The highest BCUT2D eigenvalue weighted by atomic mass is 16.5. The summed E-state index contributed by atoms with van der Waals surface area (Å²) in [5.74, 6) is -1.04. The van der Waals surface area contributed by atoms with Crippen molar-refractivity contribution >= 4 is 5.97 Å². The van der Waals surface area contributed by atoms with Crippen LogP contribution < -0.4 is 0 Å². The molecule has 114 valence electrons. The van der Waals surface area contributed by atoms with E-state index in [1.165, 1.54) is 0 Å². The van der Waals surface area contributed by atoms with Crippen molar-refractivity contribution in [2.75, 3.05) is 13.2 Å². The van der Waals surface area contributed by atoms with Crippen LogP contribution in [0.15, 0.2) is 11.6 Å². The van der Waals surface area contributed by atoms with Crippen LogP contribution in [0.1, 0.15) is 46.5 Å². The van der Waals surface area contributed by atoms with Crippen molar-refractivity contribution in [1.29, 1.82) is 5.26 Å². The second-order valence-electron chi connectivity index (χ2n) is 4.83. The van der Waals surface area contributed by atoms with Gasteiger partial charge in [0, 0.05) is 18.3 Å². The van der Waals surface area contributed by atoms with Crippen LogP contribution >= 0.6 is 0 Å². The summed E-state index contributed by atoms with van der Waals surface area (Å²) in [6, 6.07) is 1.74. The summed E-state index contributed by atoms with van der Waals surface area (Å²) in [5, 5.41) is 17.3. The van der Waals surface area contributed by atoms with Gasteiger partial charge in [-0.3, -0.25) is 0 Å². The lowest BCUT2D eigenvalue weighted by molar-refractivity contribution is -0.132. The smallest absolute Gasteiger partial charge is 0.332 e. The van der Waals surface area contributed by atoms with Crippen LogP contribution in [0.2, 0.25) is 0 Å². The Balaban J connectivity index is 3.73. The van der Waals surface area contributed by atoms with Gasteiger partial charge in [-0.15, -0.1) is 0 Å². The second kappa shape index (κ2) is 11.4. The standard InChI is InChI=1S/C15H25NO4/c1-4-6-12(2)20-13(3)11-19-10-5-7-14(8-9-16)15(17)18/h8,12-13H,4-7,10-11H2,1-3H3,(H,17,18). The third kappa shape index (κ3) is 9.54. The topological polar surface area (TPSA) is 79.5 Å². The predicted octanol–water partition coefficient (Wildman–Crippen LogP) is 2.91. The molecule has 0 heterocycles. The second-order valence-corrected chi connectivity index (χ2v) is 4.83. The zero-order chi connectivity index (χ0) is 15.4. The van der Waals surface area contributed by atoms with Gasteiger partial charge in [-0.2, -0.15) is 5.26 Å². The number of aliphatic carboxylic acids is 1. The highest BCUT2D eigenvalue weighted by molar-refractivity contribution is 5.87. The molecule has 1 N–H and O–H groups in total. The van der Waals surface area contributed by atoms with E-state index in [4.69, 9.17) is 19.8 Å². The van der Waals surface area contributed by atoms with Crippen molar-refractivity contribution in [2.24, 2.45) is 0 Å². The fraction of sp³-hybridized carbons (Fsp3) is 0.733. The van der Waals surface area contributed by atoms with E-state index in [-0.39, 0.29) is 17.8 Å². The number of rotatable bonds is 11. The fourth-order valence-electron chi connectivity index (χ4n) is 1.84. The Kier molecular flexibility index (Phi) is 10.7. The third-order valence-electron chi connectivity index (χ3n) is 2.76. The number of nitriles is 1. The highest BCUT2D eigenvalue weighted by Crippen LogP contribution is 2.07. The van der Waals surface area contributed by atoms with E-state index in [2.05, 4.69) is 6.92 Å². The highest BCUT2D eigenvalue weighted by Gasteiger charge is 2.09. The van der Waals surface area contributed by atoms with Gasteiger partial charge in [0.1, 0.15) is 0 Å². The number of ether oxygens (including phenoxy) is 2. The summed E-state index contributed by atoms with van der Waals surface area (Å²) in [7, 11) is 0. The van der Waals surface area contributed by atoms with Crippen molar-refractivity contribution in [3.05, 3.63) is 11.6 Å². The molecule has 0 aliphatic rings. The molecular weight excluding hydrogens is 258 g/mol. The molecule has 0 aromatic rings. The van der Waals surface area contributed by atoms with Crippen molar-refractivity contribution in [3.63, 3.8) is 0 Å². The van der Waals surface area contributed by atoms with Crippen LogP contribution in [-0.2, 0) is 14.3 Å². The molecule has 0 amide bonds. The number of hydrogen-bond donors (Lipinski definition) is 1. The van der Waals surface area contributed by atoms with Gasteiger partial charge in [0.2, 0.25) is 0 Å². The van der Waals surface area contributed by atoms with Gasteiger partial charge in [-0.25, -0.2) is 4.79 Å². The monoisotopic (exact) mass is 283 g/mol. The summed E-state index contributed by atoms with van der Waals surface area (Å²) in [6.07, 6.45) is 4.38. The largest absolute Gasteiger partial charge is 0.478 e. The van der Waals surface area contributed by atoms with E-state index in [0.29, 0.717) is 26.1 Å². The summed E-state index contributed by atoms with van der Waals surface area (Å²) in [6.45, 7) is 7.09. The zero-order valence-corrected chi connectivity index (χ0v) is 12.6. The lowest BCUT2D eigenvalue weighted by atomic mass is 10.1. The first kappa shape index (κ1) is 18.6. The Bertz CT molecular complexity index is 346. The van der Waals surface area contributed by atoms with Crippen LogP contribution in [0.25, 0.3) is 0 Å². The Hall–Kier alpha value is -1.38. The number of carboxylic acid groups (broad SMARTS) is 1. The average molecular weight is 283 g/mol. The lowest BCUT2D eigenvalue weighted by Crippen LogP contribution is -2.22. The van der Waals surface area contributed by atoms with Crippen LogP contribution in [0.5, 0.6) is 0 Å². The Morgan fingerprint density at radius 3 is 2.65 bits per heavy atom. The van der Waals surface area contributed by atoms with Gasteiger partial charge in [0.05, 0.1) is 24.9 Å². The fourth-order valence-corrected chi connectivity index (χ4v) is 1.84. The average Bonchev–Trinajstić information content (AvgIpc) is 2.37. The van der Waals surface area contributed by atoms with E-state index < -0.39 is 5.97 Å². The minimum Gasteiger partial charge on any atom is -0.478 e. The molecule has 0 aliphatic carbocycles. The first-order valence-electron chi connectivity index (χ1n) is 7.06. The molecule has 5 nitrogen and oxygen atoms in total. The molecule has 0 fully saturated rings. The Morgan fingerprint density at radius 1 is 1.40 bits per heavy atom. The van der Waals surface area contributed by atoms with Crippen LogP contribution in [-0.4, -0.2) is 36.5 Å². The molecule has 0 aromatic carbocycles. The maximum atomic E-state index is 10.8. The van der Waals surface area contributed by atoms with Crippen molar-refractivity contribution in [3.8, 4) is 6.07 Å². The molecule has 5 heteroatoms. The van der Waals surface area contributed by atoms with E-state index in [0.717, 1.165) is 18.9 Å². The molecule has 0 bridgehead atoms. The van der Waals surface area contributed by atoms with Crippen LogP contribution in [0, 0.1) is 11.3 Å². The first-order chi connectivity index (χ1) is 9.51. The number of allylic oxidation sites excluding steroid dienone is 1. The maximum absolute atomic E-state index is 10.8. The normalized spacial score (nSPS) is 14.6. The van der Waals surface area contributed by atoms with Crippen molar-refractivity contribution in [2.45, 2.75) is 58.7 Å². The molecular formula is C15H25NO4. The first-order valence-corrected chi connectivity index (χ1v) is 7.06. The molecule has 0 aliphatic heterocycles. The molecule has 0 rings (SSSR count). The molecule has 0 aromatic heterocycles. The quantitative estimate of drug-likeness (QED) is 0.358. The van der Waals surface area contributed by atoms with Gasteiger partial charge in [0.25, 0.3) is 0 Å². The minimum atomic E-state index is -1.04. The van der Waals surface area contributed by atoms with Gasteiger partial charge in [-0.1, -0.05) is 13.3 Å². The van der Waals surface area contributed by atoms with E-state index in [1.54, 1.807) is 6.07 Å². The summed E-state index contributed by atoms with van der Waals surface area (Å²) in [4.78, 5) is 10.8. The van der Waals surface area contributed by atoms with Gasteiger partial charge in [0.15, 0.2) is 0 Å². The third-order valence-corrected chi connectivity index (χ3v) is 2.76. The molecule has 0 saturated heterocycles. The Morgan fingerprint density at radius 2 is 2.10 bits per heavy atom. The van der Waals surface area contributed by atoms with E-state index >= 15 is 0 Å². The molecule has 0 spiro atoms. The van der Waals surface area contributed by atoms with Gasteiger partial charge >= 0.3 is 5.97 Å². The molecule has 0 radical (unpaired) electrons. The number of hydrogen-bond acceptors (Lipinski definition) is 4. The summed E-state index contributed by atoms with van der Waals surface area (Å²) >= 11 is 0. The minimum absolute atomic E-state index is 0.0325. The predicted molar refractivity (Wildman–Crippen MR) is 76.3 cm³/mol. The van der Waals surface area contributed by atoms with Crippen LogP contribution in [0.4, 0.5) is 0 Å². The van der Waals surface area contributed by atoms with Gasteiger partial charge in [-0.05, 0) is 33.1 Å². The number of nitrogens with zero attached hydrogens (tertiary/aromatic N) is 1. The molecule has 2 unspecified atom stereocenters. The van der Waals surface area contributed by atoms with Crippen LogP contribution in [0.3, 0.4) is 0 Å². The molecule has 20 heavy (non-hydrogen) atoms. The van der Waals surface area contributed by atoms with Gasteiger partial charge < -0.3 is 14.6 Å². The van der Waals surface area contributed by atoms with E-state index in [1.807, 2.05) is 13.8 Å².